The first-order chi connectivity index (χ1) is 14.7. The van der Waals surface area contributed by atoms with E-state index in [0.29, 0.717) is 5.75 Å². The summed E-state index contributed by atoms with van der Waals surface area (Å²) in [5.41, 5.74) is 1.27. The fourth-order valence-electron chi connectivity index (χ4n) is 3.99. The molecule has 30 heavy (non-hydrogen) atoms. The van der Waals surface area contributed by atoms with Crippen molar-refractivity contribution in [2.45, 2.75) is 19.0 Å². The minimum atomic E-state index is -0.418. The van der Waals surface area contributed by atoms with Gasteiger partial charge in [0.2, 0.25) is 0 Å². The maximum absolute atomic E-state index is 12.5. The van der Waals surface area contributed by atoms with Crippen molar-refractivity contribution in [1.29, 1.82) is 0 Å². The number of nitrogens with one attached hydrogen (secondary N) is 1. The number of carbonyl (C=O) groups is 1. The molecule has 0 aliphatic carbocycles. The van der Waals surface area contributed by atoms with Gasteiger partial charge in [-0.2, -0.15) is 0 Å². The van der Waals surface area contributed by atoms with Crippen LogP contribution in [-0.2, 0) is 0 Å². The molecule has 5 nitrogen and oxygen atoms in total. The normalized spacial score (nSPS) is 16.6. The van der Waals surface area contributed by atoms with Crippen LogP contribution in [0, 0.1) is 0 Å². The SMILES string of the molecule is C[C@@H](NC(=O)Oc1ccccc1)[C@H](c1cccs1)N1CCN(c2ccccc2)CC1. The zero-order valence-corrected chi connectivity index (χ0v) is 17.9. The highest BCUT2D eigenvalue weighted by Gasteiger charge is 2.31. The van der Waals surface area contributed by atoms with Gasteiger partial charge in [0.1, 0.15) is 5.75 Å². The van der Waals surface area contributed by atoms with Gasteiger partial charge in [-0.25, -0.2) is 4.79 Å². The van der Waals surface area contributed by atoms with E-state index in [1.807, 2.05) is 18.2 Å². The first-order valence-corrected chi connectivity index (χ1v) is 11.2. The molecule has 2 aromatic carbocycles. The average molecular weight is 422 g/mol. The molecule has 1 aliphatic heterocycles. The second kappa shape index (κ2) is 9.78. The molecule has 0 bridgehead atoms. The van der Waals surface area contributed by atoms with Crippen LogP contribution in [0.5, 0.6) is 5.75 Å². The van der Waals surface area contributed by atoms with Crippen molar-refractivity contribution < 1.29 is 9.53 Å². The molecule has 0 spiro atoms. The summed E-state index contributed by atoms with van der Waals surface area (Å²) in [5, 5.41) is 5.14. The molecule has 6 heteroatoms. The minimum absolute atomic E-state index is 0.0804. The summed E-state index contributed by atoms with van der Waals surface area (Å²) in [7, 11) is 0. The number of para-hydroxylation sites is 2. The lowest BCUT2D eigenvalue weighted by Crippen LogP contribution is -2.52. The predicted octanol–water partition coefficient (Wildman–Crippen LogP) is 4.79. The molecule has 1 aliphatic rings. The maximum Gasteiger partial charge on any atom is 0.412 e. The highest BCUT2D eigenvalue weighted by Crippen LogP contribution is 2.30. The monoisotopic (exact) mass is 421 g/mol. The summed E-state index contributed by atoms with van der Waals surface area (Å²) >= 11 is 1.73. The van der Waals surface area contributed by atoms with Crippen molar-refractivity contribution in [3.63, 3.8) is 0 Å². The number of hydrogen-bond donors (Lipinski definition) is 1. The largest absolute Gasteiger partial charge is 0.412 e. The number of benzene rings is 2. The molecule has 0 radical (unpaired) electrons. The summed E-state index contributed by atoms with van der Waals surface area (Å²) in [4.78, 5) is 18.6. The summed E-state index contributed by atoms with van der Waals surface area (Å²) in [6.45, 7) is 5.87. The van der Waals surface area contributed by atoms with E-state index in [-0.39, 0.29) is 12.1 Å². The van der Waals surface area contributed by atoms with Gasteiger partial charge in [0.15, 0.2) is 0 Å². The number of thiophene rings is 1. The summed E-state index contributed by atoms with van der Waals surface area (Å²) < 4.78 is 5.44. The van der Waals surface area contributed by atoms with Gasteiger partial charge >= 0.3 is 6.09 Å². The van der Waals surface area contributed by atoms with E-state index in [9.17, 15) is 4.79 Å². The lowest BCUT2D eigenvalue weighted by atomic mass is 10.0. The molecular formula is C24H27N3O2S. The van der Waals surface area contributed by atoms with Gasteiger partial charge in [0, 0.05) is 42.8 Å². The van der Waals surface area contributed by atoms with Crippen molar-refractivity contribution >= 4 is 23.1 Å². The van der Waals surface area contributed by atoms with E-state index in [2.05, 4.69) is 69.9 Å². The number of amides is 1. The number of rotatable bonds is 6. The summed E-state index contributed by atoms with van der Waals surface area (Å²) in [6.07, 6.45) is -0.418. The Morgan fingerprint density at radius 1 is 0.933 bits per heavy atom. The van der Waals surface area contributed by atoms with E-state index < -0.39 is 6.09 Å². The molecule has 156 valence electrons. The van der Waals surface area contributed by atoms with Crippen LogP contribution in [0.1, 0.15) is 17.8 Å². The van der Waals surface area contributed by atoms with Gasteiger partial charge in [-0.05, 0) is 42.6 Å². The van der Waals surface area contributed by atoms with Gasteiger partial charge in [-0.3, -0.25) is 4.90 Å². The molecule has 1 saturated heterocycles. The van der Waals surface area contributed by atoms with Crippen LogP contribution in [0.15, 0.2) is 78.2 Å². The Balaban J connectivity index is 1.41. The number of hydrogen-bond acceptors (Lipinski definition) is 5. The zero-order chi connectivity index (χ0) is 20.8. The zero-order valence-electron chi connectivity index (χ0n) is 17.1. The molecule has 2 atom stereocenters. The topological polar surface area (TPSA) is 44.8 Å². The van der Waals surface area contributed by atoms with E-state index >= 15 is 0 Å². The summed E-state index contributed by atoms with van der Waals surface area (Å²) in [6, 6.07) is 24.0. The molecule has 0 unspecified atom stereocenters. The second-order valence-electron chi connectivity index (χ2n) is 7.45. The molecule has 1 N–H and O–H groups in total. The van der Waals surface area contributed by atoms with Gasteiger partial charge in [-0.1, -0.05) is 42.5 Å². The van der Waals surface area contributed by atoms with Crippen LogP contribution < -0.4 is 15.0 Å². The van der Waals surface area contributed by atoms with Crippen LogP contribution >= 0.6 is 11.3 Å². The molecule has 2 heterocycles. The Hall–Kier alpha value is -2.83. The Labute approximate surface area is 181 Å². The van der Waals surface area contributed by atoms with Crippen molar-refractivity contribution in [3.8, 4) is 5.75 Å². The highest BCUT2D eigenvalue weighted by atomic mass is 32.1. The number of piperazine rings is 1. The third kappa shape index (κ3) is 5.01. The maximum atomic E-state index is 12.5. The molecule has 3 aromatic rings. The fourth-order valence-corrected chi connectivity index (χ4v) is 4.95. The Kier molecular flexibility index (Phi) is 6.67. The third-order valence-electron chi connectivity index (χ3n) is 5.44. The Morgan fingerprint density at radius 3 is 2.23 bits per heavy atom. The van der Waals surface area contributed by atoms with E-state index in [4.69, 9.17) is 4.74 Å². The van der Waals surface area contributed by atoms with Gasteiger partial charge in [-0.15, -0.1) is 11.3 Å². The number of ether oxygens (including phenoxy) is 1. The van der Waals surface area contributed by atoms with E-state index in [0.717, 1.165) is 26.2 Å². The van der Waals surface area contributed by atoms with Gasteiger partial charge in [0.25, 0.3) is 0 Å². The van der Waals surface area contributed by atoms with Crippen molar-refractivity contribution in [2.75, 3.05) is 31.1 Å². The van der Waals surface area contributed by atoms with E-state index in [1.54, 1.807) is 23.5 Å². The van der Waals surface area contributed by atoms with Crippen molar-refractivity contribution in [3.05, 3.63) is 83.1 Å². The number of carbonyl (C=O) groups excluding carboxylic acids is 1. The predicted molar refractivity (Wildman–Crippen MR) is 122 cm³/mol. The van der Waals surface area contributed by atoms with Crippen molar-refractivity contribution in [2.24, 2.45) is 0 Å². The van der Waals surface area contributed by atoms with Crippen LogP contribution in [0.2, 0.25) is 0 Å². The summed E-state index contributed by atoms with van der Waals surface area (Å²) in [5.74, 6) is 0.548. The molecule has 0 saturated carbocycles. The lowest BCUT2D eigenvalue weighted by Gasteiger charge is -2.42. The molecule has 1 fully saturated rings. The minimum Gasteiger partial charge on any atom is -0.410 e. The average Bonchev–Trinajstić information content (AvgIpc) is 3.30. The fraction of sp³-hybridized carbons (Fsp3) is 0.292. The smallest absolute Gasteiger partial charge is 0.410 e. The van der Waals surface area contributed by atoms with Gasteiger partial charge < -0.3 is 15.0 Å². The quantitative estimate of drug-likeness (QED) is 0.622. The first-order valence-electron chi connectivity index (χ1n) is 10.3. The third-order valence-corrected chi connectivity index (χ3v) is 6.38. The molecule has 4 rings (SSSR count). The van der Waals surface area contributed by atoms with Crippen LogP contribution in [0.4, 0.5) is 10.5 Å². The molecular weight excluding hydrogens is 394 g/mol. The first kappa shape index (κ1) is 20.4. The molecule has 1 amide bonds. The van der Waals surface area contributed by atoms with E-state index in [1.165, 1.54) is 10.6 Å². The second-order valence-corrected chi connectivity index (χ2v) is 8.43. The van der Waals surface area contributed by atoms with Gasteiger partial charge in [0.05, 0.1) is 6.04 Å². The van der Waals surface area contributed by atoms with Crippen molar-refractivity contribution in [1.82, 2.24) is 10.2 Å². The van der Waals surface area contributed by atoms with Crippen LogP contribution in [0.25, 0.3) is 0 Å². The standard InChI is InChI=1S/C24H27N3O2S/c1-19(25-24(28)29-21-11-6-3-7-12-21)23(22-13-8-18-30-22)27-16-14-26(15-17-27)20-9-4-2-5-10-20/h2-13,18-19,23H,14-17H2,1H3,(H,25,28)/t19-,23-/m1/s1. The van der Waals surface area contributed by atoms with Crippen LogP contribution in [-0.4, -0.2) is 43.2 Å². The number of anilines is 1. The Morgan fingerprint density at radius 2 is 1.60 bits per heavy atom. The lowest BCUT2D eigenvalue weighted by molar-refractivity contribution is 0.146. The van der Waals surface area contributed by atoms with Crippen LogP contribution in [0.3, 0.4) is 0 Å². The Bertz CT molecular complexity index is 910. The highest BCUT2D eigenvalue weighted by molar-refractivity contribution is 7.10. The number of nitrogens with zero attached hydrogens (tertiary/aromatic N) is 2. The molecule has 1 aromatic heterocycles.